The highest BCUT2D eigenvalue weighted by Crippen LogP contribution is 2.48. The second-order valence-corrected chi connectivity index (χ2v) is 25.5. The second-order valence-electron chi connectivity index (χ2n) is 25.5. The minimum Gasteiger partial charge on any atom is -0.458 e. The van der Waals surface area contributed by atoms with Crippen molar-refractivity contribution in [2.75, 3.05) is 0 Å². The lowest BCUT2D eigenvalue weighted by Crippen LogP contribution is -2.57. The molecule has 9 aromatic carbocycles. The fourth-order valence-corrected chi connectivity index (χ4v) is 12.0. The summed E-state index contributed by atoms with van der Waals surface area (Å²) >= 11 is 0. The third kappa shape index (κ3) is 7.55. The van der Waals surface area contributed by atoms with Crippen LogP contribution in [0.2, 0.25) is 0 Å². The van der Waals surface area contributed by atoms with E-state index in [-0.39, 0.29) is 28.4 Å². The zero-order valence-electron chi connectivity index (χ0n) is 45.5. The Morgan fingerprint density at radius 1 is 0.333 bits per heavy atom. The van der Waals surface area contributed by atoms with Crippen molar-refractivity contribution in [1.82, 2.24) is 9.13 Å². The summed E-state index contributed by atoms with van der Waals surface area (Å²) in [7, 11) is 0. The molecule has 0 N–H and O–H groups in total. The van der Waals surface area contributed by atoms with Crippen LogP contribution in [0.15, 0.2) is 176 Å². The molecule has 2 aromatic heterocycles. The predicted octanol–water partition coefficient (Wildman–Crippen LogP) is 17.1. The van der Waals surface area contributed by atoms with E-state index in [4.69, 9.17) is 9.47 Å². The lowest BCUT2D eigenvalue weighted by atomic mass is 9.34. The Balaban J connectivity index is 1.05. The average Bonchev–Trinajstić information content (AvgIpc) is 3.92. The van der Waals surface area contributed by atoms with Crippen molar-refractivity contribution in [3.05, 3.63) is 198 Å². The summed E-state index contributed by atoms with van der Waals surface area (Å²) in [6, 6.07) is 65.7. The molecule has 0 aliphatic carbocycles. The second kappa shape index (κ2) is 16.4. The number of hydrogen-bond donors (Lipinski definition) is 0. The fourth-order valence-electron chi connectivity index (χ4n) is 12.0. The zero-order chi connectivity index (χ0) is 52.1. The topological polar surface area (TPSA) is 28.3 Å². The van der Waals surface area contributed by atoms with Crippen LogP contribution in [0.1, 0.15) is 105 Å². The summed E-state index contributed by atoms with van der Waals surface area (Å²) in [6.07, 6.45) is 0. The molecule has 13 rings (SSSR count). The van der Waals surface area contributed by atoms with Gasteiger partial charge in [-0.05, 0) is 133 Å². The highest BCUT2D eigenvalue weighted by atomic mass is 16.5. The van der Waals surface area contributed by atoms with Crippen LogP contribution in [0.3, 0.4) is 0 Å². The van der Waals surface area contributed by atoms with Crippen LogP contribution in [0, 0.1) is 0 Å². The Hall–Kier alpha value is -7.76. The molecule has 4 nitrogen and oxygen atoms in total. The lowest BCUT2D eigenvalue weighted by molar-refractivity contribution is 0.466. The van der Waals surface area contributed by atoms with Crippen molar-refractivity contribution in [2.45, 2.75) is 105 Å². The van der Waals surface area contributed by atoms with Crippen molar-refractivity contribution in [3.8, 4) is 56.6 Å². The van der Waals surface area contributed by atoms with Crippen LogP contribution in [-0.4, -0.2) is 15.8 Å². The van der Waals surface area contributed by atoms with Gasteiger partial charge >= 0.3 is 0 Å². The van der Waals surface area contributed by atoms with E-state index in [1.54, 1.807) is 0 Å². The minimum absolute atomic E-state index is 0.00349. The quantitative estimate of drug-likeness (QED) is 0.164. The largest absolute Gasteiger partial charge is 0.458 e. The van der Waals surface area contributed by atoms with E-state index in [0.29, 0.717) is 0 Å². The molecular formula is C70H65BN2O2. The molecule has 0 radical (unpaired) electrons. The summed E-state index contributed by atoms with van der Waals surface area (Å²) in [4.78, 5) is 0. The van der Waals surface area contributed by atoms with Crippen LogP contribution >= 0.6 is 0 Å². The van der Waals surface area contributed by atoms with Crippen molar-refractivity contribution >= 4 is 66.7 Å². The number of fused-ring (bicyclic) bond motifs is 10. The van der Waals surface area contributed by atoms with Crippen LogP contribution in [0.4, 0.5) is 0 Å². The summed E-state index contributed by atoms with van der Waals surface area (Å²) in [5.74, 6) is 3.35. The lowest BCUT2D eigenvalue weighted by Gasteiger charge is -2.36. The molecule has 4 heterocycles. The van der Waals surface area contributed by atoms with Crippen molar-refractivity contribution in [3.63, 3.8) is 0 Å². The van der Waals surface area contributed by atoms with Crippen LogP contribution in [0.5, 0.6) is 23.0 Å². The van der Waals surface area contributed by atoms with E-state index < -0.39 is 0 Å². The first kappa shape index (κ1) is 47.0. The van der Waals surface area contributed by atoms with Crippen LogP contribution in [-0.2, 0) is 21.7 Å². The first-order valence-corrected chi connectivity index (χ1v) is 26.9. The average molecular weight is 977 g/mol. The molecule has 75 heavy (non-hydrogen) atoms. The van der Waals surface area contributed by atoms with Gasteiger partial charge in [0.25, 0.3) is 6.71 Å². The fraction of sp³-hybridized carbons (Fsp3) is 0.229. The van der Waals surface area contributed by atoms with Crippen LogP contribution < -0.4 is 25.9 Å². The van der Waals surface area contributed by atoms with E-state index in [1.807, 2.05) is 0 Å². The number of benzene rings is 9. The molecule has 0 saturated heterocycles. The Labute approximate surface area is 442 Å². The third-order valence-corrected chi connectivity index (χ3v) is 16.3. The van der Waals surface area contributed by atoms with Gasteiger partial charge in [0.05, 0.1) is 22.1 Å². The van der Waals surface area contributed by atoms with Crippen LogP contribution in [0.25, 0.3) is 77.2 Å². The van der Waals surface area contributed by atoms with Crippen molar-refractivity contribution < 1.29 is 9.47 Å². The summed E-state index contributed by atoms with van der Waals surface area (Å²) < 4.78 is 19.8. The van der Waals surface area contributed by atoms with Gasteiger partial charge in [-0.3, -0.25) is 0 Å². The smallest absolute Gasteiger partial charge is 0.260 e. The van der Waals surface area contributed by atoms with Gasteiger partial charge in [0.1, 0.15) is 23.0 Å². The SMILES string of the molecule is CC(C)(C)c1ccc2c(c1)c1cc(C(C)(C)C)ccc1n2-c1ccc2c(c1)Oc1c(-c3ccccc3)cc(-c3ccccc3)c3c1B2c1ccc(-n2c4ccc(C(C)(C)C)cc4c4cc(C(C)(C)C)ccc42)cc1O3. The molecule has 0 bridgehead atoms. The summed E-state index contributed by atoms with van der Waals surface area (Å²) in [6.45, 7) is 27.4. The normalized spacial score (nSPS) is 13.5. The van der Waals surface area contributed by atoms with Gasteiger partial charge in [-0.15, -0.1) is 0 Å². The number of nitrogens with zero attached hydrogens (tertiary/aromatic N) is 2. The van der Waals surface area contributed by atoms with E-state index in [9.17, 15) is 0 Å². The zero-order valence-corrected chi connectivity index (χ0v) is 45.5. The number of rotatable bonds is 4. The maximum Gasteiger partial charge on any atom is 0.260 e. The van der Waals surface area contributed by atoms with E-state index in [0.717, 1.165) is 73.0 Å². The molecule has 0 saturated carbocycles. The molecule has 0 amide bonds. The Kier molecular flexibility index (Phi) is 10.3. The van der Waals surface area contributed by atoms with Gasteiger partial charge in [0.2, 0.25) is 0 Å². The molecule has 5 heteroatoms. The maximum absolute atomic E-state index is 7.45. The summed E-state index contributed by atoms with van der Waals surface area (Å²) in [5.41, 5.74) is 19.7. The van der Waals surface area contributed by atoms with Crippen molar-refractivity contribution in [2.24, 2.45) is 0 Å². The molecule has 0 unspecified atom stereocenters. The highest BCUT2D eigenvalue weighted by Gasteiger charge is 2.43. The monoisotopic (exact) mass is 977 g/mol. The van der Waals surface area contributed by atoms with Gasteiger partial charge in [-0.2, -0.15) is 0 Å². The molecule has 2 aliphatic heterocycles. The van der Waals surface area contributed by atoms with Crippen molar-refractivity contribution in [1.29, 1.82) is 0 Å². The first-order chi connectivity index (χ1) is 35.7. The number of hydrogen-bond acceptors (Lipinski definition) is 2. The molecule has 0 atom stereocenters. The minimum atomic E-state index is -0.180. The Morgan fingerprint density at radius 3 is 0.960 bits per heavy atom. The predicted molar refractivity (Wildman–Crippen MR) is 318 cm³/mol. The molecule has 370 valence electrons. The third-order valence-electron chi connectivity index (χ3n) is 16.3. The van der Waals surface area contributed by atoms with E-state index in [1.165, 1.54) is 65.9 Å². The number of aromatic nitrogens is 2. The molecule has 0 spiro atoms. The Bertz CT molecular complexity index is 3740. The van der Waals surface area contributed by atoms with Gasteiger partial charge < -0.3 is 18.6 Å². The maximum atomic E-state index is 7.45. The summed E-state index contributed by atoms with van der Waals surface area (Å²) in [5, 5.41) is 5.05. The van der Waals surface area contributed by atoms with E-state index in [2.05, 4.69) is 268 Å². The first-order valence-electron chi connectivity index (χ1n) is 26.9. The number of ether oxygens (including phenoxy) is 2. The molecule has 11 aromatic rings. The molecule has 0 fully saturated rings. The Morgan fingerprint density at radius 2 is 0.653 bits per heavy atom. The standard InChI is InChI=1S/C70H65BN2O2/c1-67(2,3)44-23-31-58-52(35-44)53-36-45(68(4,5)6)24-32-59(53)72(58)48-27-29-56-62(39-48)74-65-50(42-19-15-13-16-20-42)41-51(43-21-17-14-18-22-43)66-64(65)71(56)57-30-28-49(40-63(57)75-66)73-60-33-25-46(69(7,8)9)37-54(60)55-38-47(70(10,11)12)26-34-61(55)73/h13-41H,1-12H3. The van der Waals surface area contributed by atoms with Gasteiger partial charge in [-0.1, -0.05) is 180 Å². The van der Waals surface area contributed by atoms with Gasteiger partial charge in [0.15, 0.2) is 0 Å². The van der Waals surface area contributed by atoms with E-state index >= 15 is 0 Å². The van der Waals surface area contributed by atoms with Gasteiger partial charge in [-0.25, -0.2) is 0 Å². The molecule has 2 aliphatic rings. The highest BCUT2D eigenvalue weighted by molar-refractivity contribution is 6.98. The van der Waals surface area contributed by atoms with Gasteiger partial charge in [0, 0.05) is 61.6 Å². The molecular weight excluding hydrogens is 912 g/mol.